The molecule has 3 N–H and O–H groups in total. The van der Waals surface area contributed by atoms with Crippen LogP contribution < -0.4 is 20.5 Å². The highest BCUT2D eigenvalue weighted by Gasteiger charge is 2.41. The van der Waals surface area contributed by atoms with Crippen LogP contribution in [0, 0.1) is 5.92 Å². The van der Waals surface area contributed by atoms with Crippen LogP contribution in [0.4, 0.5) is 0 Å². The van der Waals surface area contributed by atoms with E-state index in [2.05, 4.69) is 12.2 Å². The van der Waals surface area contributed by atoms with Gasteiger partial charge < -0.3 is 20.5 Å². The molecule has 0 heterocycles. The Balaban J connectivity index is 2.08. The van der Waals surface area contributed by atoms with Crippen LogP contribution in [0.5, 0.6) is 11.5 Å². The summed E-state index contributed by atoms with van der Waals surface area (Å²) in [4.78, 5) is 12.5. The van der Waals surface area contributed by atoms with Crippen LogP contribution >= 0.6 is 0 Å². The van der Waals surface area contributed by atoms with Gasteiger partial charge in [0.05, 0.1) is 19.3 Å². The van der Waals surface area contributed by atoms with Gasteiger partial charge in [0.25, 0.3) is 5.91 Å². The zero-order chi connectivity index (χ0) is 16.9. The summed E-state index contributed by atoms with van der Waals surface area (Å²) >= 11 is 0. The second-order valence-corrected chi connectivity index (χ2v) is 6.42. The maximum atomic E-state index is 12.5. The van der Waals surface area contributed by atoms with Gasteiger partial charge in [0.2, 0.25) is 0 Å². The molecule has 1 saturated carbocycles. The Kier molecular flexibility index (Phi) is 5.88. The minimum Gasteiger partial charge on any atom is -0.493 e. The van der Waals surface area contributed by atoms with Crippen molar-refractivity contribution in [2.75, 3.05) is 20.3 Å². The second-order valence-electron chi connectivity index (χ2n) is 6.42. The van der Waals surface area contributed by atoms with E-state index in [0.29, 0.717) is 36.1 Å². The number of carbonyl (C=O) groups is 1. The molecule has 2 rings (SSSR count). The van der Waals surface area contributed by atoms with E-state index in [1.54, 1.807) is 25.3 Å². The number of carbonyl (C=O) groups excluding carboxylic acids is 1. The molecular formula is C18H28N2O3. The minimum atomic E-state index is -0.333. The van der Waals surface area contributed by atoms with Crippen molar-refractivity contribution in [2.45, 2.75) is 45.1 Å². The van der Waals surface area contributed by atoms with Crippen molar-refractivity contribution >= 4 is 5.91 Å². The fourth-order valence-corrected chi connectivity index (χ4v) is 2.63. The first kappa shape index (κ1) is 17.6. The SMILES string of the molecule is CCCCOc1ccc(C(=O)NC(C)(CN)C2CC2)cc1OC. The minimum absolute atomic E-state index is 0.122. The first-order chi connectivity index (χ1) is 11.0. The van der Waals surface area contributed by atoms with Crippen LogP contribution in [0.15, 0.2) is 18.2 Å². The molecular weight excluding hydrogens is 292 g/mol. The van der Waals surface area contributed by atoms with Crippen molar-refractivity contribution in [1.82, 2.24) is 5.32 Å². The number of nitrogens with one attached hydrogen (secondary N) is 1. The van der Waals surface area contributed by atoms with Crippen LogP contribution in [0.25, 0.3) is 0 Å². The standard InChI is InChI=1S/C18H28N2O3/c1-4-5-10-23-15-9-6-13(11-16(15)22-3)17(21)20-18(2,12-19)14-7-8-14/h6,9,11,14H,4-5,7-8,10,12,19H2,1-3H3,(H,20,21). The average molecular weight is 320 g/mol. The topological polar surface area (TPSA) is 73.6 Å². The number of amides is 1. The monoisotopic (exact) mass is 320 g/mol. The normalized spacial score (nSPS) is 16.5. The Morgan fingerprint density at radius 1 is 1.39 bits per heavy atom. The highest BCUT2D eigenvalue weighted by molar-refractivity contribution is 5.95. The third kappa shape index (κ3) is 4.38. The molecule has 1 unspecified atom stereocenters. The Morgan fingerprint density at radius 2 is 2.13 bits per heavy atom. The van der Waals surface area contributed by atoms with Gasteiger partial charge in [0.1, 0.15) is 0 Å². The molecule has 1 aromatic rings. The number of rotatable bonds is 9. The van der Waals surface area contributed by atoms with E-state index in [-0.39, 0.29) is 11.4 Å². The predicted octanol–water partition coefficient (Wildman–Crippen LogP) is 2.73. The van der Waals surface area contributed by atoms with Crippen LogP contribution in [-0.2, 0) is 0 Å². The van der Waals surface area contributed by atoms with Gasteiger partial charge in [0, 0.05) is 12.1 Å². The van der Waals surface area contributed by atoms with Gasteiger partial charge in [0.15, 0.2) is 11.5 Å². The lowest BCUT2D eigenvalue weighted by Gasteiger charge is -2.29. The van der Waals surface area contributed by atoms with Crippen LogP contribution in [0.2, 0.25) is 0 Å². The lowest BCUT2D eigenvalue weighted by Crippen LogP contribution is -2.53. The summed E-state index contributed by atoms with van der Waals surface area (Å²) in [6.45, 7) is 5.22. The summed E-state index contributed by atoms with van der Waals surface area (Å²) in [7, 11) is 1.58. The Labute approximate surface area is 138 Å². The van der Waals surface area contributed by atoms with Crippen molar-refractivity contribution in [3.63, 3.8) is 0 Å². The Hall–Kier alpha value is -1.75. The number of hydrogen-bond donors (Lipinski definition) is 2. The van der Waals surface area contributed by atoms with Gasteiger partial charge in [-0.3, -0.25) is 4.79 Å². The molecule has 5 nitrogen and oxygen atoms in total. The largest absolute Gasteiger partial charge is 0.493 e. The van der Waals surface area contributed by atoms with Crippen LogP contribution in [0.1, 0.15) is 49.9 Å². The molecule has 0 radical (unpaired) electrons. The summed E-state index contributed by atoms with van der Waals surface area (Å²) in [6.07, 6.45) is 4.31. The van der Waals surface area contributed by atoms with E-state index in [4.69, 9.17) is 15.2 Å². The van der Waals surface area contributed by atoms with E-state index >= 15 is 0 Å². The lowest BCUT2D eigenvalue weighted by atomic mass is 9.95. The van der Waals surface area contributed by atoms with E-state index in [0.717, 1.165) is 25.7 Å². The molecule has 1 aliphatic carbocycles. The van der Waals surface area contributed by atoms with Crippen molar-refractivity contribution in [3.05, 3.63) is 23.8 Å². The second kappa shape index (κ2) is 7.68. The quantitative estimate of drug-likeness (QED) is 0.686. The Morgan fingerprint density at radius 3 is 2.70 bits per heavy atom. The highest BCUT2D eigenvalue weighted by Crippen LogP contribution is 2.39. The first-order valence-corrected chi connectivity index (χ1v) is 8.37. The van der Waals surface area contributed by atoms with E-state index in [1.165, 1.54) is 0 Å². The summed E-state index contributed by atoms with van der Waals surface area (Å²) in [5, 5.41) is 3.08. The fourth-order valence-electron chi connectivity index (χ4n) is 2.63. The zero-order valence-electron chi connectivity index (χ0n) is 14.4. The van der Waals surface area contributed by atoms with Gasteiger partial charge in [-0.1, -0.05) is 13.3 Å². The molecule has 1 amide bonds. The molecule has 5 heteroatoms. The summed E-state index contributed by atoms with van der Waals surface area (Å²) in [5.74, 6) is 1.61. The molecule has 23 heavy (non-hydrogen) atoms. The summed E-state index contributed by atoms with van der Waals surface area (Å²) in [5.41, 5.74) is 6.09. The summed E-state index contributed by atoms with van der Waals surface area (Å²) in [6, 6.07) is 5.28. The summed E-state index contributed by atoms with van der Waals surface area (Å²) < 4.78 is 11.1. The number of hydrogen-bond acceptors (Lipinski definition) is 4. The molecule has 1 aromatic carbocycles. The fraction of sp³-hybridized carbons (Fsp3) is 0.611. The van der Waals surface area contributed by atoms with Gasteiger partial charge >= 0.3 is 0 Å². The zero-order valence-corrected chi connectivity index (χ0v) is 14.4. The maximum Gasteiger partial charge on any atom is 0.251 e. The number of methoxy groups -OCH3 is 1. The molecule has 1 atom stereocenters. The number of benzene rings is 1. The molecule has 0 aliphatic heterocycles. The number of unbranched alkanes of at least 4 members (excludes halogenated alkanes) is 1. The molecule has 0 spiro atoms. The lowest BCUT2D eigenvalue weighted by molar-refractivity contribution is 0.0897. The average Bonchev–Trinajstić information content (AvgIpc) is 3.40. The maximum absolute atomic E-state index is 12.5. The molecule has 1 fully saturated rings. The molecule has 0 saturated heterocycles. The van der Waals surface area contributed by atoms with Gasteiger partial charge in [-0.2, -0.15) is 0 Å². The van der Waals surface area contributed by atoms with Crippen molar-refractivity contribution in [2.24, 2.45) is 11.7 Å². The third-order valence-corrected chi connectivity index (χ3v) is 4.48. The van der Waals surface area contributed by atoms with Crippen molar-refractivity contribution in [3.8, 4) is 11.5 Å². The highest BCUT2D eigenvalue weighted by atomic mass is 16.5. The Bertz CT molecular complexity index is 543. The van der Waals surface area contributed by atoms with E-state index in [9.17, 15) is 4.79 Å². The van der Waals surface area contributed by atoms with Crippen molar-refractivity contribution in [1.29, 1.82) is 0 Å². The molecule has 128 valence electrons. The third-order valence-electron chi connectivity index (χ3n) is 4.48. The van der Waals surface area contributed by atoms with E-state index in [1.807, 2.05) is 6.92 Å². The molecule has 0 bridgehead atoms. The van der Waals surface area contributed by atoms with Gasteiger partial charge in [-0.05, 0) is 50.3 Å². The van der Waals surface area contributed by atoms with Crippen molar-refractivity contribution < 1.29 is 14.3 Å². The smallest absolute Gasteiger partial charge is 0.251 e. The number of nitrogens with two attached hydrogens (primary N) is 1. The predicted molar refractivity (Wildman–Crippen MR) is 91.0 cm³/mol. The molecule has 0 aromatic heterocycles. The first-order valence-electron chi connectivity index (χ1n) is 8.37. The van der Waals surface area contributed by atoms with Gasteiger partial charge in [-0.15, -0.1) is 0 Å². The van der Waals surface area contributed by atoms with Crippen LogP contribution in [-0.4, -0.2) is 31.7 Å². The van der Waals surface area contributed by atoms with Gasteiger partial charge in [-0.25, -0.2) is 0 Å². The molecule has 1 aliphatic rings. The number of ether oxygens (including phenoxy) is 2. The van der Waals surface area contributed by atoms with E-state index < -0.39 is 0 Å². The van der Waals surface area contributed by atoms with Crippen LogP contribution in [0.3, 0.4) is 0 Å².